The van der Waals surface area contributed by atoms with E-state index < -0.39 is 11.6 Å². The second-order valence-corrected chi connectivity index (χ2v) is 8.80. The van der Waals surface area contributed by atoms with Crippen molar-refractivity contribution in [2.45, 2.75) is 50.9 Å². The van der Waals surface area contributed by atoms with E-state index >= 15 is 0 Å². The molecule has 1 saturated heterocycles. The van der Waals surface area contributed by atoms with Gasteiger partial charge in [0.15, 0.2) is 6.23 Å². The van der Waals surface area contributed by atoms with E-state index in [1.807, 2.05) is 55.5 Å². The summed E-state index contributed by atoms with van der Waals surface area (Å²) in [5, 5.41) is 10.2. The standard InChI is InChI=1S/C25H27N5O2/c1-3-6-19-21-23(29-28-19)32-22(27)18(13-26)25(21)17-7-4-5-8-20(17)30(24(25)31)14-16-11-9-15(2)10-12-16/h4-5,7-12,19,21,23,28-29H,3,6,14,27H2,1-2H3. The molecule has 32 heavy (non-hydrogen) atoms. The molecule has 0 bridgehead atoms. The van der Waals surface area contributed by atoms with E-state index in [0.717, 1.165) is 29.7 Å². The zero-order chi connectivity index (χ0) is 22.5. The van der Waals surface area contributed by atoms with Crippen molar-refractivity contribution >= 4 is 11.6 Å². The fourth-order valence-electron chi connectivity index (χ4n) is 5.55. The number of nitrogens with zero attached hydrogens (tertiary/aromatic N) is 2. The Morgan fingerprint density at radius 2 is 1.94 bits per heavy atom. The summed E-state index contributed by atoms with van der Waals surface area (Å²) in [6, 6.07) is 18.1. The van der Waals surface area contributed by atoms with Crippen LogP contribution in [0.3, 0.4) is 0 Å². The Labute approximate surface area is 187 Å². The number of amides is 1. The van der Waals surface area contributed by atoms with Crippen LogP contribution in [0.2, 0.25) is 0 Å². The van der Waals surface area contributed by atoms with E-state index in [2.05, 4.69) is 23.8 Å². The number of ether oxygens (including phenoxy) is 1. The molecule has 4 N–H and O–H groups in total. The first kappa shape index (κ1) is 20.6. The predicted octanol–water partition coefficient (Wildman–Crippen LogP) is 2.72. The third-order valence-electron chi connectivity index (χ3n) is 6.94. The number of rotatable bonds is 4. The SMILES string of the molecule is CCCC1NNC2OC(N)=C(C#N)C3(C(=O)N(Cc4ccc(C)cc4)c4ccccc43)C12. The summed E-state index contributed by atoms with van der Waals surface area (Å²) in [5.41, 5.74) is 15.6. The molecule has 3 heterocycles. The van der Waals surface area contributed by atoms with Crippen LogP contribution in [-0.2, 0) is 21.5 Å². The van der Waals surface area contributed by atoms with E-state index in [4.69, 9.17) is 10.5 Å². The van der Waals surface area contributed by atoms with Crippen molar-refractivity contribution in [2.75, 3.05) is 4.90 Å². The molecule has 1 spiro atoms. The number of carbonyl (C=O) groups excluding carboxylic acids is 1. The summed E-state index contributed by atoms with van der Waals surface area (Å²) in [4.78, 5) is 16.2. The highest BCUT2D eigenvalue weighted by Crippen LogP contribution is 2.56. The van der Waals surface area contributed by atoms with E-state index in [1.54, 1.807) is 4.90 Å². The van der Waals surface area contributed by atoms with E-state index in [1.165, 1.54) is 5.56 Å². The van der Waals surface area contributed by atoms with E-state index in [9.17, 15) is 10.1 Å². The quantitative estimate of drug-likeness (QED) is 0.691. The van der Waals surface area contributed by atoms with Crippen molar-refractivity contribution in [3.8, 4) is 6.07 Å². The first-order valence-corrected chi connectivity index (χ1v) is 11.1. The Hall–Kier alpha value is -3.34. The highest BCUT2D eigenvalue weighted by Gasteiger charge is 2.66. The van der Waals surface area contributed by atoms with Gasteiger partial charge in [0.25, 0.3) is 0 Å². The van der Waals surface area contributed by atoms with Gasteiger partial charge in [-0.05, 0) is 30.5 Å². The lowest BCUT2D eigenvalue weighted by molar-refractivity contribution is -0.127. The Morgan fingerprint density at radius 1 is 1.19 bits per heavy atom. The van der Waals surface area contributed by atoms with Gasteiger partial charge in [-0.2, -0.15) is 5.26 Å². The monoisotopic (exact) mass is 429 g/mol. The third kappa shape index (κ3) is 2.77. The predicted molar refractivity (Wildman–Crippen MR) is 121 cm³/mol. The number of hydrogen-bond acceptors (Lipinski definition) is 6. The number of nitrogens with two attached hydrogens (primary N) is 1. The van der Waals surface area contributed by atoms with E-state index in [-0.39, 0.29) is 29.3 Å². The van der Waals surface area contributed by atoms with Crippen molar-refractivity contribution in [1.82, 2.24) is 10.9 Å². The van der Waals surface area contributed by atoms with Crippen LogP contribution in [0.25, 0.3) is 0 Å². The molecule has 164 valence electrons. The van der Waals surface area contributed by atoms with Gasteiger partial charge in [0, 0.05) is 11.7 Å². The number of anilines is 1. The minimum Gasteiger partial charge on any atom is -0.458 e. The normalized spacial score (nSPS) is 28.5. The largest absolute Gasteiger partial charge is 0.458 e. The van der Waals surface area contributed by atoms with Gasteiger partial charge in [0.1, 0.15) is 17.1 Å². The topological polar surface area (TPSA) is 103 Å². The molecule has 0 aromatic heterocycles. The average Bonchev–Trinajstić information content (AvgIpc) is 3.29. The molecule has 1 amide bonds. The summed E-state index contributed by atoms with van der Waals surface area (Å²) in [6.45, 7) is 4.57. The third-order valence-corrected chi connectivity index (χ3v) is 6.94. The number of fused-ring (bicyclic) bond motifs is 4. The van der Waals surface area contributed by atoms with Crippen LogP contribution in [0.4, 0.5) is 5.69 Å². The van der Waals surface area contributed by atoms with Crippen molar-refractivity contribution in [3.63, 3.8) is 0 Å². The van der Waals surface area contributed by atoms with Crippen LogP contribution in [0.15, 0.2) is 60.0 Å². The molecule has 0 saturated carbocycles. The van der Waals surface area contributed by atoms with Crippen molar-refractivity contribution < 1.29 is 9.53 Å². The number of para-hydroxylation sites is 1. The first-order valence-electron chi connectivity index (χ1n) is 11.1. The maximum absolute atomic E-state index is 14.4. The Balaban J connectivity index is 1.70. The molecule has 3 aliphatic rings. The minimum absolute atomic E-state index is 0.0144. The number of hydrogen-bond donors (Lipinski definition) is 3. The smallest absolute Gasteiger partial charge is 0.244 e. The van der Waals surface area contributed by atoms with Gasteiger partial charge in [-0.1, -0.05) is 61.4 Å². The van der Waals surface area contributed by atoms with Gasteiger partial charge in [0.05, 0.1) is 12.5 Å². The van der Waals surface area contributed by atoms with Crippen LogP contribution in [0.1, 0.15) is 36.5 Å². The number of nitriles is 1. The molecular weight excluding hydrogens is 402 g/mol. The van der Waals surface area contributed by atoms with Gasteiger partial charge < -0.3 is 15.4 Å². The lowest BCUT2D eigenvalue weighted by atomic mass is 9.62. The summed E-state index contributed by atoms with van der Waals surface area (Å²) < 4.78 is 5.90. The Kier molecular flexibility index (Phi) is 4.92. The zero-order valence-electron chi connectivity index (χ0n) is 18.3. The molecule has 2 aromatic carbocycles. The molecule has 0 aliphatic carbocycles. The van der Waals surface area contributed by atoms with Crippen LogP contribution in [0, 0.1) is 24.2 Å². The van der Waals surface area contributed by atoms with Crippen LogP contribution >= 0.6 is 0 Å². The summed E-state index contributed by atoms with van der Waals surface area (Å²) in [6.07, 6.45) is 1.27. The van der Waals surface area contributed by atoms with E-state index in [0.29, 0.717) is 6.54 Å². The van der Waals surface area contributed by atoms with Gasteiger partial charge in [-0.3, -0.25) is 10.2 Å². The molecule has 3 aliphatic heterocycles. The molecule has 4 atom stereocenters. The highest BCUT2D eigenvalue weighted by atomic mass is 16.5. The fraction of sp³-hybridized carbons (Fsp3) is 0.360. The lowest BCUT2D eigenvalue weighted by Gasteiger charge is -2.42. The maximum atomic E-state index is 14.4. The van der Waals surface area contributed by atoms with Crippen LogP contribution in [-0.4, -0.2) is 18.2 Å². The first-order chi connectivity index (χ1) is 15.5. The number of carbonyl (C=O) groups is 1. The minimum atomic E-state index is -1.20. The summed E-state index contributed by atoms with van der Waals surface area (Å²) in [5.74, 6) is -0.412. The Morgan fingerprint density at radius 3 is 2.66 bits per heavy atom. The maximum Gasteiger partial charge on any atom is 0.244 e. The Bertz CT molecular complexity index is 1140. The number of hydrazine groups is 1. The van der Waals surface area contributed by atoms with Crippen molar-refractivity contribution in [3.05, 3.63) is 76.7 Å². The molecule has 4 unspecified atom stereocenters. The van der Waals surface area contributed by atoms with Gasteiger partial charge in [0.2, 0.25) is 11.8 Å². The molecule has 5 rings (SSSR count). The summed E-state index contributed by atoms with van der Waals surface area (Å²) >= 11 is 0. The van der Waals surface area contributed by atoms with Crippen molar-refractivity contribution in [2.24, 2.45) is 11.7 Å². The van der Waals surface area contributed by atoms with Crippen LogP contribution < -0.4 is 21.5 Å². The summed E-state index contributed by atoms with van der Waals surface area (Å²) in [7, 11) is 0. The van der Waals surface area contributed by atoms with Gasteiger partial charge >= 0.3 is 0 Å². The molecule has 7 heteroatoms. The number of aryl methyl sites for hydroxylation is 1. The van der Waals surface area contributed by atoms with Gasteiger partial charge in [-0.25, -0.2) is 5.43 Å². The molecule has 7 nitrogen and oxygen atoms in total. The van der Waals surface area contributed by atoms with Crippen molar-refractivity contribution in [1.29, 1.82) is 5.26 Å². The second kappa shape index (κ2) is 7.66. The second-order valence-electron chi connectivity index (χ2n) is 8.80. The van der Waals surface area contributed by atoms with Crippen LogP contribution in [0.5, 0.6) is 0 Å². The average molecular weight is 430 g/mol. The molecule has 2 aromatic rings. The zero-order valence-corrected chi connectivity index (χ0v) is 18.3. The number of benzene rings is 2. The molecular formula is C25H27N5O2. The number of nitrogens with one attached hydrogen (secondary N) is 2. The van der Waals surface area contributed by atoms with Gasteiger partial charge in [-0.15, -0.1) is 0 Å². The molecule has 1 fully saturated rings. The lowest BCUT2D eigenvalue weighted by Crippen LogP contribution is -2.57. The molecule has 0 radical (unpaired) electrons. The highest BCUT2D eigenvalue weighted by molar-refractivity contribution is 6.11. The fourth-order valence-corrected chi connectivity index (χ4v) is 5.55.